The second-order valence-electron chi connectivity index (χ2n) is 6.28. The highest BCUT2D eigenvalue weighted by Gasteiger charge is 2.15. The molecule has 2 aromatic carbocycles. The molecule has 0 aromatic heterocycles. The largest absolute Gasteiger partial charge is 0.378 e. The van der Waals surface area contributed by atoms with E-state index >= 15 is 0 Å². The summed E-state index contributed by atoms with van der Waals surface area (Å²) in [6.07, 6.45) is 0. The van der Waals surface area contributed by atoms with Crippen molar-refractivity contribution in [1.82, 2.24) is 5.32 Å². The number of benzene rings is 2. The quantitative estimate of drug-likeness (QED) is 0.880. The van der Waals surface area contributed by atoms with E-state index < -0.39 is 0 Å². The molecule has 0 atom stereocenters. The monoisotopic (exact) mass is 339 g/mol. The van der Waals surface area contributed by atoms with E-state index in [4.69, 9.17) is 0 Å². The van der Waals surface area contributed by atoms with Gasteiger partial charge in [-0.3, -0.25) is 9.59 Å². The Morgan fingerprint density at radius 3 is 2.00 bits per heavy atom. The summed E-state index contributed by atoms with van der Waals surface area (Å²) in [5.74, 6) is -0.351. The van der Waals surface area contributed by atoms with Gasteiger partial charge in [-0.15, -0.1) is 0 Å². The van der Waals surface area contributed by atoms with Crippen LogP contribution in [0.5, 0.6) is 0 Å². The van der Waals surface area contributed by atoms with E-state index in [-0.39, 0.29) is 18.4 Å². The van der Waals surface area contributed by atoms with Gasteiger partial charge >= 0.3 is 0 Å². The number of nitrogens with zero attached hydrogens (tertiary/aromatic N) is 2. The first-order valence-corrected chi connectivity index (χ1v) is 8.24. The number of rotatable bonds is 6. The Kier molecular flexibility index (Phi) is 6.17. The Labute approximate surface area is 149 Å². The Morgan fingerprint density at radius 2 is 1.48 bits per heavy atom. The van der Waals surface area contributed by atoms with Crippen LogP contribution in [0, 0.1) is 6.92 Å². The first-order valence-electron chi connectivity index (χ1n) is 8.24. The predicted octanol–water partition coefficient (Wildman–Crippen LogP) is 2.73. The third kappa shape index (κ3) is 5.35. The highest BCUT2D eigenvalue weighted by atomic mass is 16.2. The van der Waals surface area contributed by atoms with Gasteiger partial charge in [0.2, 0.25) is 11.8 Å². The number of carbonyl (C=O) groups excluding carboxylic acids is 2. The van der Waals surface area contributed by atoms with Gasteiger partial charge in [0.05, 0.1) is 0 Å². The molecule has 2 rings (SSSR count). The summed E-state index contributed by atoms with van der Waals surface area (Å²) in [6.45, 7) is 3.94. The van der Waals surface area contributed by atoms with E-state index in [0.717, 1.165) is 11.3 Å². The molecule has 1 N–H and O–H groups in total. The predicted molar refractivity (Wildman–Crippen MR) is 102 cm³/mol. The number of carbonyl (C=O) groups is 2. The normalized spacial score (nSPS) is 10.2. The van der Waals surface area contributed by atoms with Crippen LogP contribution < -0.4 is 15.1 Å². The zero-order chi connectivity index (χ0) is 18.4. The van der Waals surface area contributed by atoms with Gasteiger partial charge in [-0.25, -0.2) is 0 Å². The van der Waals surface area contributed by atoms with Crippen LogP contribution in [0.2, 0.25) is 0 Å². The van der Waals surface area contributed by atoms with Crippen molar-refractivity contribution in [3.63, 3.8) is 0 Å². The average Bonchev–Trinajstić information content (AvgIpc) is 2.59. The summed E-state index contributed by atoms with van der Waals surface area (Å²) in [7, 11) is 3.91. The topological polar surface area (TPSA) is 52.7 Å². The zero-order valence-electron chi connectivity index (χ0n) is 15.2. The first kappa shape index (κ1) is 18.5. The summed E-state index contributed by atoms with van der Waals surface area (Å²) in [5.41, 5.74) is 3.96. The standard InChI is InChI=1S/C20H25N3O2/c1-15-5-7-17(8-6-15)13-21-20(25)14-23(16(2)24)19-11-9-18(10-12-19)22(3)4/h5-12H,13-14H2,1-4H3,(H,21,25). The molecule has 0 aliphatic heterocycles. The Hall–Kier alpha value is -2.82. The molecule has 25 heavy (non-hydrogen) atoms. The van der Waals surface area contributed by atoms with Crippen molar-refractivity contribution < 1.29 is 9.59 Å². The van der Waals surface area contributed by atoms with Gasteiger partial charge in [-0.05, 0) is 36.8 Å². The summed E-state index contributed by atoms with van der Waals surface area (Å²) >= 11 is 0. The summed E-state index contributed by atoms with van der Waals surface area (Å²) < 4.78 is 0. The fourth-order valence-corrected chi connectivity index (χ4v) is 2.42. The molecule has 0 spiro atoms. The fourth-order valence-electron chi connectivity index (χ4n) is 2.42. The molecule has 0 heterocycles. The molecular formula is C20H25N3O2. The summed E-state index contributed by atoms with van der Waals surface area (Å²) in [6, 6.07) is 15.5. The van der Waals surface area contributed by atoms with Crippen LogP contribution in [0.1, 0.15) is 18.1 Å². The third-order valence-corrected chi connectivity index (χ3v) is 3.97. The van der Waals surface area contributed by atoms with Gasteiger partial charge in [0.15, 0.2) is 0 Å². The van der Waals surface area contributed by atoms with Crippen molar-refractivity contribution in [2.75, 3.05) is 30.4 Å². The van der Waals surface area contributed by atoms with Gasteiger partial charge in [-0.2, -0.15) is 0 Å². The maximum Gasteiger partial charge on any atom is 0.240 e. The van der Waals surface area contributed by atoms with E-state index in [1.165, 1.54) is 17.4 Å². The molecule has 0 radical (unpaired) electrons. The van der Waals surface area contributed by atoms with Crippen LogP contribution in [-0.4, -0.2) is 32.5 Å². The fraction of sp³-hybridized carbons (Fsp3) is 0.300. The van der Waals surface area contributed by atoms with Crippen LogP contribution in [-0.2, 0) is 16.1 Å². The van der Waals surface area contributed by atoms with E-state index in [1.54, 1.807) is 0 Å². The highest BCUT2D eigenvalue weighted by molar-refractivity contribution is 5.97. The molecule has 0 unspecified atom stereocenters. The number of hydrogen-bond acceptors (Lipinski definition) is 3. The van der Waals surface area contributed by atoms with Crippen molar-refractivity contribution in [2.24, 2.45) is 0 Å². The minimum atomic E-state index is -0.188. The molecular weight excluding hydrogens is 314 g/mol. The maximum atomic E-state index is 12.2. The second kappa shape index (κ2) is 8.33. The number of anilines is 2. The van der Waals surface area contributed by atoms with Gasteiger partial charge in [0, 0.05) is 38.9 Å². The van der Waals surface area contributed by atoms with E-state index in [0.29, 0.717) is 12.2 Å². The maximum absolute atomic E-state index is 12.2. The van der Waals surface area contributed by atoms with Crippen LogP contribution in [0.3, 0.4) is 0 Å². The molecule has 0 aliphatic rings. The number of amides is 2. The lowest BCUT2D eigenvalue weighted by Gasteiger charge is -2.22. The number of hydrogen-bond donors (Lipinski definition) is 1. The highest BCUT2D eigenvalue weighted by Crippen LogP contribution is 2.19. The van der Waals surface area contributed by atoms with Crippen molar-refractivity contribution in [1.29, 1.82) is 0 Å². The van der Waals surface area contributed by atoms with E-state index in [1.807, 2.05) is 74.4 Å². The smallest absolute Gasteiger partial charge is 0.240 e. The molecule has 5 heteroatoms. The molecule has 0 aliphatic carbocycles. The number of nitrogens with one attached hydrogen (secondary N) is 1. The third-order valence-electron chi connectivity index (χ3n) is 3.97. The van der Waals surface area contributed by atoms with E-state index in [9.17, 15) is 9.59 Å². The SMILES string of the molecule is CC(=O)N(CC(=O)NCc1ccc(C)cc1)c1ccc(N(C)C)cc1. The summed E-state index contributed by atoms with van der Waals surface area (Å²) in [4.78, 5) is 27.6. The minimum absolute atomic E-state index is 0.00249. The van der Waals surface area contributed by atoms with Crippen molar-refractivity contribution in [3.8, 4) is 0 Å². The lowest BCUT2D eigenvalue weighted by Crippen LogP contribution is -2.39. The molecule has 2 amide bonds. The van der Waals surface area contributed by atoms with Crippen LogP contribution >= 0.6 is 0 Å². The van der Waals surface area contributed by atoms with Gasteiger partial charge in [-0.1, -0.05) is 29.8 Å². The van der Waals surface area contributed by atoms with Crippen molar-refractivity contribution in [2.45, 2.75) is 20.4 Å². The van der Waals surface area contributed by atoms with Gasteiger partial charge in [0.25, 0.3) is 0 Å². The molecule has 5 nitrogen and oxygen atoms in total. The lowest BCUT2D eigenvalue weighted by molar-refractivity contribution is -0.123. The van der Waals surface area contributed by atoms with Crippen LogP contribution in [0.4, 0.5) is 11.4 Å². The Bertz CT molecular complexity index is 722. The van der Waals surface area contributed by atoms with E-state index in [2.05, 4.69) is 5.32 Å². The van der Waals surface area contributed by atoms with Gasteiger partial charge in [0.1, 0.15) is 6.54 Å². The second-order valence-corrected chi connectivity index (χ2v) is 6.28. The average molecular weight is 339 g/mol. The Morgan fingerprint density at radius 1 is 0.920 bits per heavy atom. The van der Waals surface area contributed by atoms with Crippen LogP contribution in [0.25, 0.3) is 0 Å². The molecule has 132 valence electrons. The van der Waals surface area contributed by atoms with Crippen molar-refractivity contribution >= 4 is 23.2 Å². The first-order chi connectivity index (χ1) is 11.9. The Balaban J connectivity index is 1.99. The number of aryl methyl sites for hydroxylation is 1. The molecule has 2 aromatic rings. The zero-order valence-corrected chi connectivity index (χ0v) is 15.2. The lowest BCUT2D eigenvalue weighted by atomic mass is 10.1. The van der Waals surface area contributed by atoms with Crippen molar-refractivity contribution in [3.05, 3.63) is 59.7 Å². The minimum Gasteiger partial charge on any atom is -0.378 e. The molecule has 0 bridgehead atoms. The van der Waals surface area contributed by atoms with Crippen LogP contribution in [0.15, 0.2) is 48.5 Å². The molecule has 0 saturated carbocycles. The molecule has 0 fully saturated rings. The molecule has 0 saturated heterocycles. The van der Waals surface area contributed by atoms with Gasteiger partial charge < -0.3 is 15.1 Å². The summed E-state index contributed by atoms with van der Waals surface area (Å²) in [5, 5.41) is 2.86.